The minimum Gasteiger partial charge on any atom is -0.374 e. The second kappa shape index (κ2) is 3.98. The predicted octanol–water partition coefficient (Wildman–Crippen LogP) is -0.825. The highest BCUT2D eigenvalue weighted by molar-refractivity contribution is 4.82. The zero-order valence-corrected chi connectivity index (χ0v) is 8.27. The average molecular weight is 197 g/mol. The van der Waals surface area contributed by atoms with E-state index in [1.807, 2.05) is 0 Å². The molecule has 78 valence electrons. The van der Waals surface area contributed by atoms with Crippen LogP contribution in [-0.4, -0.2) is 34.9 Å². The standard InChI is InChI=1S/C9H15N3O2/c1-11-3-4-12(9(11)13)7-8-6-10-2-5-14-8/h3-4,8,10H,2,5-7H2,1H3. The van der Waals surface area contributed by atoms with Gasteiger partial charge >= 0.3 is 5.69 Å². The number of imidazole rings is 1. The van der Waals surface area contributed by atoms with E-state index in [0.29, 0.717) is 6.54 Å². The molecule has 2 rings (SSSR count). The molecule has 14 heavy (non-hydrogen) atoms. The lowest BCUT2D eigenvalue weighted by Gasteiger charge is -2.23. The number of morpholine rings is 1. The van der Waals surface area contributed by atoms with E-state index < -0.39 is 0 Å². The minimum atomic E-state index is 0.0131. The Morgan fingerprint density at radius 3 is 3.07 bits per heavy atom. The number of hydrogen-bond donors (Lipinski definition) is 1. The van der Waals surface area contributed by atoms with Crippen LogP contribution in [0.4, 0.5) is 0 Å². The summed E-state index contributed by atoms with van der Waals surface area (Å²) in [5, 5.41) is 3.23. The minimum absolute atomic E-state index is 0.0131. The fraction of sp³-hybridized carbons (Fsp3) is 0.667. The van der Waals surface area contributed by atoms with Crippen molar-refractivity contribution < 1.29 is 4.74 Å². The van der Waals surface area contributed by atoms with E-state index in [-0.39, 0.29) is 11.8 Å². The molecule has 1 unspecified atom stereocenters. The highest BCUT2D eigenvalue weighted by Crippen LogP contribution is 1.98. The van der Waals surface area contributed by atoms with Crippen LogP contribution in [0.25, 0.3) is 0 Å². The van der Waals surface area contributed by atoms with Crippen LogP contribution in [0.2, 0.25) is 0 Å². The van der Waals surface area contributed by atoms with Gasteiger partial charge in [-0.15, -0.1) is 0 Å². The van der Waals surface area contributed by atoms with Crippen molar-refractivity contribution in [2.75, 3.05) is 19.7 Å². The fourth-order valence-corrected chi connectivity index (χ4v) is 1.61. The smallest absolute Gasteiger partial charge is 0.327 e. The van der Waals surface area contributed by atoms with Crippen LogP contribution in [0.1, 0.15) is 0 Å². The third kappa shape index (κ3) is 1.88. The van der Waals surface area contributed by atoms with Crippen LogP contribution in [0.5, 0.6) is 0 Å². The van der Waals surface area contributed by atoms with E-state index in [1.54, 1.807) is 28.6 Å². The van der Waals surface area contributed by atoms with Gasteiger partial charge in [0, 0.05) is 32.5 Å². The average Bonchev–Trinajstić information content (AvgIpc) is 2.52. The molecule has 0 amide bonds. The quantitative estimate of drug-likeness (QED) is 0.673. The first-order valence-electron chi connectivity index (χ1n) is 4.81. The SMILES string of the molecule is Cn1ccn(CC2CNCCO2)c1=O. The van der Waals surface area contributed by atoms with Gasteiger partial charge in [-0.3, -0.25) is 4.57 Å². The van der Waals surface area contributed by atoms with Crippen molar-refractivity contribution in [3.63, 3.8) is 0 Å². The lowest BCUT2D eigenvalue weighted by Crippen LogP contribution is -2.42. The molecule has 1 N–H and O–H groups in total. The van der Waals surface area contributed by atoms with Crippen LogP contribution in [-0.2, 0) is 18.3 Å². The molecule has 2 heterocycles. The summed E-state index contributed by atoms with van der Waals surface area (Å²) in [5.41, 5.74) is 0.0131. The molecule has 0 aliphatic carbocycles. The molecule has 1 aliphatic heterocycles. The lowest BCUT2D eigenvalue weighted by atomic mass is 10.3. The van der Waals surface area contributed by atoms with Crippen molar-refractivity contribution in [1.82, 2.24) is 14.5 Å². The Bertz CT molecular complexity index is 349. The number of nitrogens with one attached hydrogen (secondary N) is 1. The van der Waals surface area contributed by atoms with Crippen LogP contribution in [0.3, 0.4) is 0 Å². The molecule has 0 bridgehead atoms. The molecular weight excluding hydrogens is 182 g/mol. The van der Waals surface area contributed by atoms with Gasteiger partial charge in [0.15, 0.2) is 0 Å². The summed E-state index contributed by atoms with van der Waals surface area (Å²) < 4.78 is 8.76. The first-order chi connectivity index (χ1) is 6.77. The number of aromatic nitrogens is 2. The molecule has 5 heteroatoms. The topological polar surface area (TPSA) is 48.2 Å². The van der Waals surface area contributed by atoms with Crippen molar-refractivity contribution in [3.8, 4) is 0 Å². The Kier molecular flexibility index (Phi) is 2.69. The molecule has 0 radical (unpaired) electrons. The van der Waals surface area contributed by atoms with Crippen LogP contribution in [0, 0.1) is 0 Å². The molecule has 0 spiro atoms. The van der Waals surface area contributed by atoms with E-state index in [2.05, 4.69) is 5.32 Å². The molecule has 1 fully saturated rings. The molecule has 1 aromatic rings. The Morgan fingerprint density at radius 1 is 1.64 bits per heavy atom. The lowest BCUT2D eigenvalue weighted by molar-refractivity contribution is 0.0176. The van der Waals surface area contributed by atoms with Gasteiger partial charge in [-0.1, -0.05) is 0 Å². The number of nitrogens with zero attached hydrogens (tertiary/aromatic N) is 2. The summed E-state index contributed by atoms with van der Waals surface area (Å²) in [4.78, 5) is 11.5. The molecule has 5 nitrogen and oxygen atoms in total. The largest absolute Gasteiger partial charge is 0.374 e. The molecule has 0 saturated carbocycles. The molecule has 1 saturated heterocycles. The van der Waals surface area contributed by atoms with Gasteiger partial charge in [0.05, 0.1) is 19.3 Å². The van der Waals surface area contributed by atoms with Crippen LogP contribution < -0.4 is 11.0 Å². The Labute approximate surface area is 82.3 Å². The zero-order chi connectivity index (χ0) is 9.97. The van der Waals surface area contributed by atoms with Crippen LogP contribution in [0.15, 0.2) is 17.2 Å². The van der Waals surface area contributed by atoms with E-state index in [0.717, 1.165) is 19.7 Å². The number of ether oxygens (including phenoxy) is 1. The third-order valence-electron chi connectivity index (χ3n) is 2.42. The van der Waals surface area contributed by atoms with Crippen molar-refractivity contribution in [3.05, 3.63) is 22.9 Å². The summed E-state index contributed by atoms with van der Waals surface area (Å²) in [6.45, 7) is 3.08. The van der Waals surface area contributed by atoms with E-state index in [4.69, 9.17) is 4.74 Å². The highest BCUT2D eigenvalue weighted by Gasteiger charge is 2.14. The van der Waals surface area contributed by atoms with Gasteiger partial charge in [0.25, 0.3) is 0 Å². The van der Waals surface area contributed by atoms with Gasteiger partial charge in [-0.25, -0.2) is 4.79 Å². The van der Waals surface area contributed by atoms with Crippen molar-refractivity contribution in [2.24, 2.45) is 7.05 Å². The van der Waals surface area contributed by atoms with Gasteiger partial charge in [-0.2, -0.15) is 0 Å². The van der Waals surface area contributed by atoms with E-state index in [1.165, 1.54) is 0 Å². The molecule has 1 aromatic heterocycles. The molecule has 1 atom stereocenters. The predicted molar refractivity (Wildman–Crippen MR) is 52.3 cm³/mol. The first kappa shape index (κ1) is 9.48. The Hall–Kier alpha value is -1.07. The van der Waals surface area contributed by atoms with Gasteiger partial charge in [0.2, 0.25) is 0 Å². The highest BCUT2D eigenvalue weighted by atomic mass is 16.5. The van der Waals surface area contributed by atoms with Gasteiger partial charge in [0.1, 0.15) is 0 Å². The molecule has 1 aliphatic rings. The maximum atomic E-state index is 11.5. The Morgan fingerprint density at radius 2 is 2.50 bits per heavy atom. The second-order valence-corrected chi connectivity index (χ2v) is 3.54. The van der Waals surface area contributed by atoms with Crippen molar-refractivity contribution in [1.29, 1.82) is 0 Å². The maximum absolute atomic E-state index is 11.5. The normalized spacial score (nSPS) is 22.5. The summed E-state index contributed by atoms with van der Waals surface area (Å²) >= 11 is 0. The fourth-order valence-electron chi connectivity index (χ4n) is 1.61. The molecule has 0 aromatic carbocycles. The first-order valence-corrected chi connectivity index (χ1v) is 4.81. The van der Waals surface area contributed by atoms with Gasteiger partial charge < -0.3 is 14.6 Å². The van der Waals surface area contributed by atoms with Crippen LogP contribution >= 0.6 is 0 Å². The van der Waals surface area contributed by atoms with Gasteiger partial charge in [-0.05, 0) is 0 Å². The van der Waals surface area contributed by atoms with Crippen molar-refractivity contribution in [2.45, 2.75) is 12.6 Å². The Balaban J connectivity index is 2.02. The summed E-state index contributed by atoms with van der Waals surface area (Å²) in [6, 6.07) is 0. The maximum Gasteiger partial charge on any atom is 0.327 e. The molecular formula is C9H15N3O2. The second-order valence-electron chi connectivity index (χ2n) is 3.54. The monoisotopic (exact) mass is 197 g/mol. The van der Waals surface area contributed by atoms with Crippen molar-refractivity contribution >= 4 is 0 Å². The summed E-state index contributed by atoms with van der Waals surface area (Å²) in [7, 11) is 1.75. The number of aryl methyl sites for hydroxylation is 1. The van der Waals surface area contributed by atoms with E-state index >= 15 is 0 Å². The zero-order valence-electron chi connectivity index (χ0n) is 8.27. The van der Waals surface area contributed by atoms with E-state index in [9.17, 15) is 4.79 Å². The summed E-state index contributed by atoms with van der Waals surface area (Å²) in [6.07, 6.45) is 3.67. The number of rotatable bonds is 2. The summed E-state index contributed by atoms with van der Waals surface area (Å²) in [5.74, 6) is 0. The number of hydrogen-bond acceptors (Lipinski definition) is 3. The third-order valence-corrected chi connectivity index (χ3v) is 2.42.